The van der Waals surface area contributed by atoms with Crippen LogP contribution in [0, 0.1) is 5.92 Å². The highest BCUT2D eigenvalue weighted by molar-refractivity contribution is 5.86. The van der Waals surface area contributed by atoms with Crippen molar-refractivity contribution in [1.29, 1.82) is 0 Å². The number of nitrogens with zero attached hydrogens (tertiary/aromatic N) is 1. The van der Waals surface area contributed by atoms with Crippen LogP contribution in [0.15, 0.2) is 24.3 Å². The third-order valence-corrected chi connectivity index (χ3v) is 4.28. The summed E-state index contributed by atoms with van der Waals surface area (Å²) in [6.07, 6.45) is 0.826. The molecule has 1 aliphatic rings. The van der Waals surface area contributed by atoms with Gasteiger partial charge in [0, 0.05) is 29.7 Å². The van der Waals surface area contributed by atoms with Crippen molar-refractivity contribution in [2.75, 3.05) is 19.6 Å². The van der Waals surface area contributed by atoms with Crippen molar-refractivity contribution >= 4 is 22.8 Å². The van der Waals surface area contributed by atoms with Crippen LogP contribution in [-0.4, -0.2) is 41.5 Å². The summed E-state index contributed by atoms with van der Waals surface area (Å²) in [5.74, 6) is 0.243. The second-order valence-corrected chi connectivity index (χ2v) is 6.66. The van der Waals surface area contributed by atoms with E-state index in [-0.39, 0.29) is 18.5 Å². The van der Waals surface area contributed by atoms with Gasteiger partial charge in [-0.05, 0) is 24.0 Å². The van der Waals surface area contributed by atoms with Gasteiger partial charge in [0.25, 0.3) is 0 Å². The zero-order valence-corrected chi connectivity index (χ0v) is 14.2. The molecule has 6 heteroatoms. The molecule has 3 rings (SSSR count). The first-order chi connectivity index (χ1) is 11.5. The summed E-state index contributed by atoms with van der Waals surface area (Å²) in [7, 11) is 0. The van der Waals surface area contributed by atoms with Gasteiger partial charge in [-0.1, -0.05) is 32.0 Å². The van der Waals surface area contributed by atoms with Gasteiger partial charge in [-0.3, -0.25) is 4.79 Å². The molecular weight excluding hydrogens is 304 g/mol. The molecule has 1 aromatic carbocycles. The zero-order chi connectivity index (χ0) is 17.1. The highest BCUT2D eigenvalue weighted by atomic mass is 16.2. The number of carbonyl (C=O) groups excluding carboxylic acids is 2. The summed E-state index contributed by atoms with van der Waals surface area (Å²) >= 11 is 0. The fourth-order valence-corrected chi connectivity index (χ4v) is 3.01. The van der Waals surface area contributed by atoms with E-state index in [0.717, 1.165) is 17.6 Å². The molecule has 2 aromatic rings. The molecule has 24 heavy (non-hydrogen) atoms. The fraction of sp³-hybridized carbons (Fsp3) is 0.444. The van der Waals surface area contributed by atoms with Crippen LogP contribution in [0.25, 0.3) is 10.9 Å². The number of H-pyrrole nitrogens is 1. The molecule has 0 spiro atoms. The van der Waals surface area contributed by atoms with Gasteiger partial charge < -0.3 is 20.5 Å². The summed E-state index contributed by atoms with van der Waals surface area (Å²) in [6.45, 7) is 5.91. The number of urea groups is 1. The number of amides is 3. The Balaban J connectivity index is 1.57. The van der Waals surface area contributed by atoms with Crippen LogP contribution in [0.2, 0.25) is 0 Å². The van der Waals surface area contributed by atoms with Gasteiger partial charge in [-0.25, -0.2) is 4.79 Å². The van der Waals surface area contributed by atoms with Crippen LogP contribution in [0.4, 0.5) is 4.79 Å². The Kier molecular flexibility index (Phi) is 4.74. The molecule has 1 aromatic heterocycles. The largest absolute Gasteiger partial charge is 0.357 e. The average Bonchev–Trinajstić information content (AvgIpc) is 2.95. The molecule has 0 bridgehead atoms. The van der Waals surface area contributed by atoms with E-state index >= 15 is 0 Å². The van der Waals surface area contributed by atoms with Crippen molar-refractivity contribution < 1.29 is 9.59 Å². The molecule has 0 saturated carbocycles. The number of hydrogen-bond donors (Lipinski definition) is 3. The molecule has 0 atom stereocenters. The predicted octanol–water partition coefficient (Wildman–Crippen LogP) is 2.01. The van der Waals surface area contributed by atoms with Crippen LogP contribution < -0.4 is 10.6 Å². The molecule has 3 amide bonds. The number of aromatic amines is 1. The lowest BCUT2D eigenvalue weighted by molar-refractivity contribution is -0.120. The number of para-hydroxylation sites is 1. The SMILES string of the molecule is CC(C)CNC(=O)CNC(=O)N1CCc2c([nH]c3ccccc23)C1. The third-order valence-electron chi connectivity index (χ3n) is 4.28. The van der Waals surface area contributed by atoms with E-state index in [1.807, 2.05) is 26.0 Å². The summed E-state index contributed by atoms with van der Waals surface area (Å²) < 4.78 is 0. The van der Waals surface area contributed by atoms with Crippen LogP contribution >= 0.6 is 0 Å². The molecule has 0 unspecified atom stereocenters. The van der Waals surface area contributed by atoms with Crippen LogP contribution in [0.1, 0.15) is 25.1 Å². The molecule has 2 heterocycles. The minimum atomic E-state index is -0.195. The van der Waals surface area contributed by atoms with Gasteiger partial charge in [-0.2, -0.15) is 0 Å². The first-order valence-corrected chi connectivity index (χ1v) is 8.42. The second-order valence-electron chi connectivity index (χ2n) is 6.66. The van der Waals surface area contributed by atoms with E-state index in [4.69, 9.17) is 0 Å². The second kappa shape index (κ2) is 6.95. The first kappa shape index (κ1) is 16.4. The van der Waals surface area contributed by atoms with Gasteiger partial charge in [0.05, 0.1) is 13.1 Å². The van der Waals surface area contributed by atoms with Crippen molar-refractivity contribution in [3.63, 3.8) is 0 Å². The molecule has 0 fully saturated rings. The maximum absolute atomic E-state index is 12.3. The summed E-state index contributed by atoms with van der Waals surface area (Å²) in [4.78, 5) is 29.1. The maximum Gasteiger partial charge on any atom is 0.318 e. The number of fused-ring (bicyclic) bond motifs is 3. The Hall–Kier alpha value is -2.50. The van der Waals surface area contributed by atoms with E-state index in [1.54, 1.807) is 4.90 Å². The number of rotatable bonds is 4. The zero-order valence-electron chi connectivity index (χ0n) is 14.2. The molecular formula is C18H24N4O2. The van der Waals surface area contributed by atoms with Crippen LogP contribution in [0.5, 0.6) is 0 Å². The highest BCUT2D eigenvalue weighted by Crippen LogP contribution is 2.27. The fourth-order valence-electron chi connectivity index (χ4n) is 3.01. The summed E-state index contributed by atoms with van der Waals surface area (Å²) in [5, 5.41) is 6.73. The molecule has 3 N–H and O–H groups in total. The van der Waals surface area contributed by atoms with E-state index in [1.165, 1.54) is 10.9 Å². The van der Waals surface area contributed by atoms with Crippen LogP contribution in [0.3, 0.4) is 0 Å². The van der Waals surface area contributed by atoms with E-state index in [2.05, 4.69) is 27.8 Å². The summed E-state index contributed by atoms with van der Waals surface area (Å²) in [6, 6.07) is 8.01. The minimum absolute atomic E-state index is 0.0155. The molecule has 0 aliphatic carbocycles. The molecule has 0 radical (unpaired) electrons. The number of nitrogens with one attached hydrogen (secondary N) is 3. The van der Waals surface area contributed by atoms with Crippen molar-refractivity contribution in [2.24, 2.45) is 5.92 Å². The van der Waals surface area contributed by atoms with Crippen molar-refractivity contribution in [1.82, 2.24) is 20.5 Å². The summed E-state index contributed by atoms with van der Waals surface area (Å²) in [5.41, 5.74) is 3.49. The minimum Gasteiger partial charge on any atom is -0.357 e. The van der Waals surface area contributed by atoms with E-state index < -0.39 is 0 Å². The topological polar surface area (TPSA) is 77.2 Å². The van der Waals surface area contributed by atoms with Crippen LogP contribution in [-0.2, 0) is 17.8 Å². The highest BCUT2D eigenvalue weighted by Gasteiger charge is 2.23. The van der Waals surface area contributed by atoms with Gasteiger partial charge >= 0.3 is 6.03 Å². The normalized spacial score (nSPS) is 13.9. The Bertz CT molecular complexity index is 751. The van der Waals surface area contributed by atoms with Crippen molar-refractivity contribution in [3.05, 3.63) is 35.5 Å². The lowest BCUT2D eigenvalue weighted by Crippen LogP contribution is -2.46. The predicted molar refractivity (Wildman–Crippen MR) is 93.7 cm³/mol. The molecule has 0 saturated heterocycles. The van der Waals surface area contributed by atoms with E-state index in [0.29, 0.717) is 25.6 Å². The van der Waals surface area contributed by atoms with Gasteiger partial charge in [0.2, 0.25) is 5.91 Å². The molecule has 128 valence electrons. The van der Waals surface area contributed by atoms with E-state index in [9.17, 15) is 9.59 Å². The average molecular weight is 328 g/mol. The smallest absolute Gasteiger partial charge is 0.318 e. The number of benzene rings is 1. The van der Waals surface area contributed by atoms with Gasteiger partial charge in [-0.15, -0.1) is 0 Å². The first-order valence-electron chi connectivity index (χ1n) is 8.42. The Labute approximate surface area is 141 Å². The van der Waals surface area contributed by atoms with Gasteiger partial charge in [0.1, 0.15) is 0 Å². The molecule has 1 aliphatic heterocycles. The quantitative estimate of drug-likeness (QED) is 0.803. The molecule has 6 nitrogen and oxygen atoms in total. The number of aromatic nitrogens is 1. The Morgan fingerprint density at radius 3 is 2.83 bits per heavy atom. The van der Waals surface area contributed by atoms with Crippen molar-refractivity contribution in [2.45, 2.75) is 26.8 Å². The third kappa shape index (κ3) is 3.53. The number of carbonyl (C=O) groups is 2. The lowest BCUT2D eigenvalue weighted by atomic mass is 10.0. The Morgan fingerprint density at radius 2 is 2.04 bits per heavy atom. The monoisotopic (exact) mass is 328 g/mol. The lowest BCUT2D eigenvalue weighted by Gasteiger charge is -2.27. The maximum atomic E-state index is 12.3. The Morgan fingerprint density at radius 1 is 1.25 bits per heavy atom. The van der Waals surface area contributed by atoms with Crippen molar-refractivity contribution in [3.8, 4) is 0 Å². The van der Waals surface area contributed by atoms with Gasteiger partial charge in [0.15, 0.2) is 0 Å². The number of hydrogen-bond acceptors (Lipinski definition) is 2. The standard InChI is InChI=1S/C18H24N4O2/c1-12(2)9-19-17(23)10-20-18(24)22-8-7-14-13-5-3-4-6-15(13)21-16(14)11-22/h3-6,12,21H,7-11H2,1-2H3,(H,19,23)(H,20,24).